The lowest BCUT2D eigenvalue weighted by atomic mass is 10.0. The number of nitrogens with zero attached hydrogens (tertiary/aromatic N) is 1. The molecule has 0 aliphatic heterocycles. The largest absolute Gasteiger partial charge is 0.324 e. The molecule has 0 bridgehead atoms. The summed E-state index contributed by atoms with van der Waals surface area (Å²) in [5, 5.41) is 0. The lowest BCUT2D eigenvalue weighted by Gasteiger charge is -2.12. The molecule has 2 nitrogen and oxygen atoms in total. The van der Waals surface area contributed by atoms with E-state index in [1.165, 1.54) is 12.1 Å². The Kier molecular flexibility index (Phi) is 3.99. The third-order valence-corrected chi connectivity index (χ3v) is 2.82. The van der Waals surface area contributed by atoms with Gasteiger partial charge in [-0.05, 0) is 31.0 Å². The van der Waals surface area contributed by atoms with Crippen molar-refractivity contribution in [3.63, 3.8) is 0 Å². The van der Waals surface area contributed by atoms with Gasteiger partial charge in [0.25, 0.3) is 0 Å². The maximum Gasteiger partial charge on any atom is 0.163 e. The highest BCUT2D eigenvalue weighted by Gasteiger charge is 2.14. The highest BCUT2D eigenvalue weighted by molar-refractivity contribution is 5.22. The molecule has 0 aliphatic carbocycles. The Balaban J connectivity index is 2.04. The number of pyridine rings is 1. The second-order valence-corrected chi connectivity index (χ2v) is 4.11. The van der Waals surface area contributed by atoms with Crippen LogP contribution in [0.2, 0.25) is 0 Å². The zero-order valence-electron chi connectivity index (χ0n) is 9.81. The van der Waals surface area contributed by atoms with Gasteiger partial charge in [-0.1, -0.05) is 18.2 Å². The lowest BCUT2D eigenvalue weighted by molar-refractivity contribution is 0.483. The fourth-order valence-electron chi connectivity index (χ4n) is 1.81. The average molecular weight is 248 g/mol. The van der Waals surface area contributed by atoms with Crippen molar-refractivity contribution >= 4 is 0 Å². The van der Waals surface area contributed by atoms with Crippen LogP contribution in [0.15, 0.2) is 42.6 Å². The fourth-order valence-corrected chi connectivity index (χ4v) is 1.81. The molecule has 0 amide bonds. The van der Waals surface area contributed by atoms with Crippen molar-refractivity contribution in [2.75, 3.05) is 0 Å². The minimum Gasteiger partial charge on any atom is -0.324 e. The van der Waals surface area contributed by atoms with Crippen LogP contribution in [0.4, 0.5) is 8.78 Å². The summed E-state index contributed by atoms with van der Waals surface area (Å²) in [4.78, 5) is 4.16. The zero-order chi connectivity index (χ0) is 13.0. The molecule has 1 aromatic heterocycles. The summed E-state index contributed by atoms with van der Waals surface area (Å²) >= 11 is 0. The van der Waals surface area contributed by atoms with Crippen LogP contribution in [0, 0.1) is 11.6 Å². The first kappa shape index (κ1) is 12.6. The summed E-state index contributed by atoms with van der Waals surface area (Å²) in [7, 11) is 0. The minimum atomic E-state index is -0.860. The highest BCUT2D eigenvalue weighted by Crippen LogP contribution is 2.21. The van der Waals surface area contributed by atoms with Crippen LogP contribution in [0.25, 0.3) is 0 Å². The van der Waals surface area contributed by atoms with Crippen molar-refractivity contribution in [1.29, 1.82) is 0 Å². The Labute approximate surface area is 104 Å². The number of benzene rings is 1. The topological polar surface area (TPSA) is 38.9 Å². The summed E-state index contributed by atoms with van der Waals surface area (Å²) in [5.41, 5.74) is 6.99. The van der Waals surface area contributed by atoms with Crippen LogP contribution in [-0.4, -0.2) is 4.98 Å². The van der Waals surface area contributed by atoms with E-state index in [2.05, 4.69) is 4.98 Å². The van der Waals surface area contributed by atoms with Crippen molar-refractivity contribution in [3.8, 4) is 0 Å². The molecule has 0 saturated carbocycles. The first-order valence-electron chi connectivity index (χ1n) is 5.78. The van der Waals surface area contributed by atoms with E-state index < -0.39 is 17.7 Å². The van der Waals surface area contributed by atoms with Crippen LogP contribution in [0.1, 0.15) is 23.7 Å². The Morgan fingerprint density at radius 1 is 1.11 bits per heavy atom. The van der Waals surface area contributed by atoms with Crippen molar-refractivity contribution in [2.45, 2.75) is 18.9 Å². The van der Waals surface area contributed by atoms with Gasteiger partial charge in [-0.25, -0.2) is 8.78 Å². The molecule has 0 saturated heterocycles. The Bertz CT molecular complexity index is 514. The van der Waals surface area contributed by atoms with E-state index in [1.807, 2.05) is 18.2 Å². The molecule has 18 heavy (non-hydrogen) atoms. The molecule has 1 aromatic carbocycles. The summed E-state index contributed by atoms with van der Waals surface area (Å²) in [6.45, 7) is 0. The summed E-state index contributed by atoms with van der Waals surface area (Å²) < 4.78 is 26.6. The average Bonchev–Trinajstić information content (AvgIpc) is 2.40. The monoisotopic (exact) mass is 248 g/mol. The van der Waals surface area contributed by atoms with Gasteiger partial charge in [0.05, 0.1) is 0 Å². The number of hydrogen-bond acceptors (Lipinski definition) is 2. The first-order valence-corrected chi connectivity index (χ1v) is 5.78. The van der Waals surface area contributed by atoms with Gasteiger partial charge in [-0.3, -0.25) is 4.98 Å². The van der Waals surface area contributed by atoms with Gasteiger partial charge in [0.1, 0.15) is 0 Å². The molecule has 0 fully saturated rings. The number of aromatic nitrogens is 1. The third-order valence-electron chi connectivity index (χ3n) is 2.82. The summed E-state index contributed by atoms with van der Waals surface area (Å²) in [5.74, 6) is -1.72. The van der Waals surface area contributed by atoms with Crippen LogP contribution in [-0.2, 0) is 6.42 Å². The van der Waals surface area contributed by atoms with E-state index in [0.717, 1.165) is 11.8 Å². The predicted octanol–water partition coefficient (Wildman–Crippen LogP) is 2.99. The standard InChI is InChI=1S/C14H14F2N2/c15-12-6-3-5-11(14(12)16)13(17)8-7-10-4-1-2-9-18-10/h1-6,9,13H,7-8,17H2. The van der Waals surface area contributed by atoms with Gasteiger partial charge in [-0.2, -0.15) is 0 Å². The molecule has 1 atom stereocenters. The van der Waals surface area contributed by atoms with Gasteiger partial charge in [0.15, 0.2) is 11.6 Å². The van der Waals surface area contributed by atoms with Crippen LogP contribution < -0.4 is 5.73 Å². The van der Waals surface area contributed by atoms with Gasteiger partial charge in [0.2, 0.25) is 0 Å². The van der Waals surface area contributed by atoms with E-state index in [-0.39, 0.29) is 5.56 Å². The van der Waals surface area contributed by atoms with E-state index in [9.17, 15) is 8.78 Å². The molecule has 0 aliphatic rings. The van der Waals surface area contributed by atoms with Crippen molar-refractivity contribution in [1.82, 2.24) is 4.98 Å². The third kappa shape index (κ3) is 2.90. The minimum absolute atomic E-state index is 0.214. The molecule has 0 spiro atoms. The van der Waals surface area contributed by atoms with Crippen molar-refractivity contribution in [2.24, 2.45) is 5.73 Å². The normalized spacial score (nSPS) is 12.4. The fraction of sp³-hybridized carbons (Fsp3) is 0.214. The van der Waals surface area contributed by atoms with Gasteiger partial charge >= 0.3 is 0 Å². The molecule has 0 radical (unpaired) electrons. The smallest absolute Gasteiger partial charge is 0.163 e. The Morgan fingerprint density at radius 3 is 2.67 bits per heavy atom. The van der Waals surface area contributed by atoms with Gasteiger partial charge in [0, 0.05) is 23.5 Å². The van der Waals surface area contributed by atoms with Crippen LogP contribution >= 0.6 is 0 Å². The van der Waals surface area contributed by atoms with E-state index >= 15 is 0 Å². The van der Waals surface area contributed by atoms with Gasteiger partial charge in [-0.15, -0.1) is 0 Å². The number of aryl methyl sites for hydroxylation is 1. The Hall–Kier alpha value is -1.81. The molecule has 4 heteroatoms. The SMILES string of the molecule is NC(CCc1ccccn1)c1cccc(F)c1F. The van der Waals surface area contributed by atoms with Crippen molar-refractivity contribution < 1.29 is 8.78 Å². The maximum atomic E-state index is 13.5. The lowest BCUT2D eigenvalue weighted by Crippen LogP contribution is -2.14. The highest BCUT2D eigenvalue weighted by atomic mass is 19.2. The number of rotatable bonds is 4. The second-order valence-electron chi connectivity index (χ2n) is 4.11. The number of hydrogen-bond donors (Lipinski definition) is 1. The second kappa shape index (κ2) is 5.69. The zero-order valence-corrected chi connectivity index (χ0v) is 9.81. The predicted molar refractivity (Wildman–Crippen MR) is 65.8 cm³/mol. The van der Waals surface area contributed by atoms with E-state index in [0.29, 0.717) is 12.8 Å². The Morgan fingerprint density at radius 2 is 1.94 bits per heavy atom. The first-order chi connectivity index (χ1) is 8.68. The van der Waals surface area contributed by atoms with Crippen LogP contribution in [0.5, 0.6) is 0 Å². The molecule has 1 unspecified atom stereocenters. The molecule has 2 N–H and O–H groups in total. The number of halogens is 2. The van der Waals surface area contributed by atoms with E-state index in [1.54, 1.807) is 6.20 Å². The number of nitrogens with two attached hydrogens (primary N) is 1. The molecular formula is C14H14F2N2. The molecule has 1 heterocycles. The molecule has 94 valence electrons. The molecular weight excluding hydrogens is 234 g/mol. The maximum absolute atomic E-state index is 13.5. The van der Waals surface area contributed by atoms with E-state index in [4.69, 9.17) is 5.73 Å². The molecule has 2 rings (SSSR count). The molecule has 2 aromatic rings. The summed E-state index contributed by atoms with van der Waals surface area (Å²) in [6.07, 6.45) is 2.86. The quantitative estimate of drug-likeness (QED) is 0.903. The van der Waals surface area contributed by atoms with Gasteiger partial charge < -0.3 is 5.73 Å². The summed E-state index contributed by atoms with van der Waals surface area (Å²) in [6, 6.07) is 9.14. The van der Waals surface area contributed by atoms with Crippen molar-refractivity contribution in [3.05, 3.63) is 65.5 Å². The van der Waals surface area contributed by atoms with Crippen LogP contribution in [0.3, 0.4) is 0 Å².